The summed E-state index contributed by atoms with van der Waals surface area (Å²) >= 11 is 0. The van der Waals surface area contributed by atoms with Gasteiger partial charge in [0.25, 0.3) is 5.91 Å². The fourth-order valence-electron chi connectivity index (χ4n) is 2.23. The highest BCUT2D eigenvalue weighted by Gasteiger charge is 2.16. The van der Waals surface area contributed by atoms with Crippen LogP contribution in [-0.2, 0) is 0 Å². The van der Waals surface area contributed by atoms with E-state index in [2.05, 4.69) is 16.4 Å². The summed E-state index contributed by atoms with van der Waals surface area (Å²) in [7, 11) is 0. The molecule has 0 atom stereocenters. The summed E-state index contributed by atoms with van der Waals surface area (Å²) in [5.74, 6) is 0.416. The summed E-state index contributed by atoms with van der Waals surface area (Å²) in [6.07, 6.45) is 1.86. The maximum atomic E-state index is 12.4. The zero-order valence-corrected chi connectivity index (χ0v) is 11.4. The van der Waals surface area contributed by atoms with Gasteiger partial charge < -0.3 is 9.72 Å². The molecule has 0 aliphatic heterocycles. The molecular weight excluding hydrogens is 264 g/mol. The van der Waals surface area contributed by atoms with Gasteiger partial charge in [-0.25, -0.2) is 4.98 Å². The number of fused-ring (bicyclic) bond motifs is 1. The molecule has 3 aromatic rings. The Morgan fingerprint density at radius 2 is 2.00 bits per heavy atom. The number of imidazole rings is 1. The van der Waals surface area contributed by atoms with Crippen LogP contribution in [0.2, 0.25) is 0 Å². The van der Waals surface area contributed by atoms with Crippen molar-refractivity contribution in [1.29, 1.82) is 5.26 Å². The monoisotopic (exact) mass is 276 g/mol. The Kier molecular flexibility index (Phi) is 3.13. The summed E-state index contributed by atoms with van der Waals surface area (Å²) in [5, 5.41) is 11.8. The Labute approximate surface area is 121 Å². The smallest absolute Gasteiger partial charge is 0.276 e. The van der Waals surface area contributed by atoms with E-state index < -0.39 is 0 Å². The number of nitrogens with zero attached hydrogens (tertiary/aromatic N) is 3. The van der Waals surface area contributed by atoms with Crippen molar-refractivity contribution in [3.05, 3.63) is 65.7 Å². The number of benzene rings is 1. The van der Waals surface area contributed by atoms with Crippen LogP contribution in [-0.4, -0.2) is 15.3 Å². The molecule has 0 aliphatic rings. The van der Waals surface area contributed by atoms with Gasteiger partial charge in [0.2, 0.25) is 0 Å². The van der Waals surface area contributed by atoms with Gasteiger partial charge in [0.1, 0.15) is 11.9 Å². The van der Waals surface area contributed by atoms with Gasteiger partial charge in [-0.3, -0.25) is 4.79 Å². The minimum Gasteiger partial charge on any atom is -0.319 e. The standard InChI is InChI=1S/C16H12N4O/c1-11-18-15(14-8-4-5-9-20(11)14)16(21)19-13-7-3-2-6-12(13)10-17/h2-9H,1H3,(H,19,21). The number of hydrogen-bond acceptors (Lipinski definition) is 3. The highest BCUT2D eigenvalue weighted by molar-refractivity contribution is 6.08. The number of para-hydroxylation sites is 1. The molecule has 2 heterocycles. The minimum absolute atomic E-state index is 0.325. The molecule has 0 radical (unpaired) electrons. The first-order valence-electron chi connectivity index (χ1n) is 6.45. The molecule has 0 aliphatic carbocycles. The number of rotatable bonds is 2. The Bertz CT molecular complexity index is 873. The zero-order valence-electron chi connectivity index (χ0n) is 11.4. The fourth-order valence-corrected chi connectivity index (χ4v) is 2.23. The second kappa shape index (κ2) is 5.10. The number of pyridine rings is 1. The van der Waals surface area contributed by atoms with E-state index >= 15 is 0 Å². The first-order chi connectivity index (χ1) is 10.2. The SMILES string of the molecule is Cc1nc(C(=O)Nc2ccccc2C#N)c2ccccn12. The maximum absolute atomic E-state index is 12.4. The quantitative estimate of drug-likeness (QED) is 0.782. The molecule has 0 unspecified atom stereocenters. The zero-order chi connectivity index (χ0) is 14.8. The van der Waals surface area contributed by atoms with Crippen molar-refractivity contribution >= 4 is 17.1 Å². The second-order valence-electron chi connectivity index (χ2n) is 4.58. The van der Waals surface area contributed by atoms with Gasteiger partial charge in [-0.15, -0.1) is 0 Å². The van der Waals surface area contributed by atoms with E-state index in [1.54, 1.807) is 24.3 Å². The van der Waals surface area contributed by atoms with Gasteiger partial charge in [0.15, 0.2) is 5.69 Å². The molecule has 102 valence electrons. The lowest BCUT2D eigenvalue weighted by Crippen LogP contribution is -2.13. The third-order valence-corrected chi connectivity index (χ3v) is 3.24. The van der Waals surface area contributed by atoms with Gasteiger partial charge in [0, 0.05) is 6.20 Å². The van der Waals surface area contributed by atoms with Crippen LogP contribution in [0.4, 0.5) is 5.69 Å². The molecule has 0 saturated carbocycles. The van der Waals surface area contributed by atoms with Gasteiger partial charge >= 0.3 is 0 Å². The predicted octanol–water partition coefficient (Wildman–Crippen LogP) is 2.77. The van der Waals surface area contributed by atoms with Crippen molar-refractivity contribution in [2.45, 2.75) is 6.92 Å². The summed E-state index contributed by atoms with van der Waals surface area (Å²) in [6.45, 7) is 1.84. The number of nitrogens with one attached hydrogen (secondary N) is 1. The summed E-state index contributed by atoms with van der Waals surface area (Å²) < 4.78 is 1.85. The average molecular weight is 276 g/mol. The van der Waals surface area contributed by atoms with Crippen molar-refractivity contribution in [1.82, 2.24) is 9.38 Å². The molecule has 0 spiro atoms. The molecule has 1 amide bonds. The van der Waals surface area contributed by atoms with Crippen LogP contribution in [0.5, 0.6) is 0 Å². The van der Waals surface area contributed by atoms with Crippen LogP contribution >= 0.6 is 0 Å². The lowest BCUT2D eigenvalue weighted by atomic mass is 10.2. The Morgan fingerprint density at radius 3 is 2.81 bits per heavy atom. The van der Waals surface area contributed by atoms with E-state index in [1.807, 2.05) is 35.7 Å². The average Bonchev–Trinajstić information content (AvgIpc) is 2.86. The Hall–Kier alpha value is -3.13. The molecule has 5 nitrogen and oxygen atoms in total. The van der Waals surface area contributed by atoms with Crippen LogP contribution in [0.3, 0.4) is 0 Å². The molecule has 1 N–H and O–H groups in total. The Balaban J connectivity index is 2.00. The largest absolute Gasteiger partial charge is 0.319 e. The lowest BCUT2D eigenvalue weighted by molar-refractivity contribution is 0.102. The van der Waals surface area contributed by atoms with Crippen molar-refractivity contribution in [3.8, 4) is 6.07 Å². The van der Waals surface area contributed by atoms with Crippen LogP contribution in [0.1, 0.15) is 21.9 Å². The lowest BCUT2D eigenvalue weighted by Gasteiger charge is -2.05. The van der Waals surface area contributed by atoms with Crippen LogP contribution in [0, 0.1) is 18.3 Å². The van der Waals surface area contributed by atoms with Gasteiger partial charge in [-0.1, -0.05) is 18.2 Å². The van der Waals surface area contributed by atoms with Gasteiger partial charge in [-0.2, -0.15) is 5.26 Å². The number of aromatic nitrogens is 2. The molecule has 21 heavy (non-hydrogen) atoms. The third-order valence-electron chi connectivity index (χ3n) is 3.24. The molecule has 2 aromatic heterocycles. The number of anilines is 1. The van der Waals surface area contributed by atoms with E-state index in [0.717, 1.165) is 11.3 Å². The first-order valence-corrected chi connectivity index (χ1v) is 6.45. The molecule has 0 saturated heterocycles. The topological polar surface area (TPSA) is 70.2 Å². The van der Waals surface area contributed by atoms with Crippen molar-refractivity contribution in [2.24, 2.45) is 0 Å². The normalized spacial score (nSPS) is 10.3. The van der Waals surface area contributed by atoms with Crippen LogP contribution in [0.25, 0.3) is 5.52 Å². The minimum atomic E-state index is -0.325. The van der Waals surface area contributed by atoms with E-state index in [1.165, 1.54) is 0 Å². The molecule has 3 rings (SSSR count). The maximum Gasteiger partial charge on any atom is 0.276 e. The number of nitriles is 1. The number of aryl methyl sites for hydroxylation is 1. The number of hydrogen-bond donors (Lipinski definition) is 1. The third kappa shape index (κ3) is 2.23. The van der Waals surface area contributed by atoms with Crippen LogP contribution in [0.15, 0.2) is 48.7 Å². The van der Waals surface area contributed by atoms with E-state index in [9.17, 15) is 4.79 Å². The van der Waals surface area contributed by atoms with Gasteiger partial charge in [0.05, 0.1) is 16.8 Å². The molecular formula is C16H12N4O. The predicted molar refractivity (Wildman–Crippen MR) is 79.0 cm³/mol. The van der Waals surface area contributed by atoms with E-state index in [4.69, 9.17) is 5.26 Å². The van der Waals surface area contributed by atoms with E-state index in [-0.39, 0.29) is 5.91 Å². The second-order valence-corrected chi connectivity index (χ2v) is 4.58. The molecule has 0 bridgehead atoms. The van der Waals surface area contributed by atoms with Gasteiger partial charge in [-0.05, 0) is 31.2 Å². The Morgan fingerprint density at radius 1 is 1.24 bits per heavy atom. The molecule has 1 aromatic carbocycles. The van der Waals surface area contributed by atoms with Crippen molar-refractivity contribution in [3.63, 3.8) is 0 Å². The summed E-state index contributed by atoms with van der Waals surface area (Å²) in [6, 6.07) is 14.5. The van der Waals surface area contributed by atoms with Crippen molar-refractivity contribution < 1.29 is 4.79 Å². The molecule has 5 heteroatoms. The number of amides is 1. The first kappa shape index (κ1) is 12.9. The summed E-state index contributed by atoms with van der Waals surface area (Å²) in [4.78, 5) is 16.7. The number of carbonyl (C=O) groups excluding carboxylic acids is 1. The highest BCUT2D eigenvalue weighted by atomic mass is 16.1. The van der Waals surface area contributed by atoms with Crippen LogP contribution < -0.4 is 5.32 Å². The highest BCUT2D eigenvalue weighted by Crippen LogP contribution is 2.17. The molecule has 0 fully saturated rings. The van der Waals surface area contributed by atoms with E-state index in [0.29, 0.717) is 16.9 Å². The number of carbonyl (C=O) groups is 1. The van der Waals surface area contributed by atoms with Crippen molar-refractivity contribution in [2.75, 3.05) is 5.32 Å². The summed E-state index contributed by atoms with van der Waals surface area (Å²) in [5.41, 5.74) is 1.99. The fraction of sp³-hybridized carbons (Fsp3) is 0.0625.